The molecule has 0 aromatic heterocycles. The van der Waals surface area contributed by atoms with Crippen molar-refractivity contribution in [2.45, 2.75) is 0 Å². The van der Waals surface area contributed by atoms with Gasteiger partial charge in [-0.3, -0.25) is 9.48 Å². The van der Waals surface area contributed by atoms with Crippen LogP contribution in [0.2, 0.25) is 0 Å². The molecule has 0 atom stereocenters. The van der Waals surface area contributed by atoms with Gasteiger partial charge < -0.3 is 17.0 Å². The van der Waals surface area contributed by atoms with E-state index in [0.29, 0.717) is 0 Å². The first-order chi connectivity index (χ1) is 3.55. The highest BCUT2D eigenvalue weighted by molar-refractivity contribution is 9.18. The first kappa shape index (κ1) is 12.1. The Labute approximate surface area is 75.4 Å². The molecule has 0 radical (unpaired) electrons. The molecule has 0 spiro atoms. The van der Waals surface area contributed by atoms with Gasteiger partial charge in [-0.1, -0.05) is 0 Å². The Morgan fingerprint density at radius 2 is 1.67 bits per heavy atom. The summed E-state index contributed by atoms with van der Waals surface area (Å²) < 4.78 is 3.08. The topological polar surface area (TPSA) is 6.25 Å². The van der Waals surface area contributed by atoms with Crippen LogP contribution in [0.5, 0.6) is 0 Å². The molecule has 4 heteroatoms. The average molecular weight is 260 g/mol. The summed E-state index contributed by atoms with van der Waals surface area (Å²) in [5, 5.41) is 0. The molecule has 0 aromatic carbocycles. The highest BCUT2D eigenvalue weighted by Gasteiger charge is 2.02. The summed E-state index contributed by atoms with van der Waals surface area (Å²) in [4.78, 5) is 2.00. The molecule has 0 saturated heterocycles. The van der Waals surface area contributed by atoms with E-state index in [1.54, 1.807) is 0 Å². The summed E-state index contributed by atoms with van der Waals surface area (Å²) in [5.41, 5.74) is 0. The van der Waals surface area contributed by atoms with Crippen molar-refractivity contribution in [1.82, 2.24) is 4.90 Å². The van der Waals surface area contributed by atoms with Crippen LogP contribution in [0.25, 0.3) is 0 Å². The maximum Gasteiger partial charge on any atom is 0.314 e. The smallest absolute Gasteiger partial charge is 0.314 e. The zero-order valence-corrected chi connectivity index (χ0v) is 9.32. The van der Waals surface area contributed by atoms with Crippen molar-refractivity contribution >= 4 is 20.7 Å². The first-order valence-corrected chi connectivity index (χ1v) is 3.22. The van der Waals surface area contributed by atoms with Crippen LogP contribution in [0.3, 0.4) is 0 Å². The molecule has 56 valence electrons. The summed E-state index contributed by atoms with van der Waals surface area (Å²) in [6.45, 7) is 0. The van der Waals surface area contributed by atoms with E-state index in [2.05, 4.69) is 15.9 Å². The number of hydrogen-bond donors (Lipinski definition) is 0. The van der Waals surface area contributed by atoms with Crippen LogP contribution in [-0.4, -0.2) is 42.4 Å². The van der Waals surface area contributed by atoms with Crippen LogP contribution < -0.4 is 17.0 Å². The molecule has 0 N–H and O–H groups in total. The third-order valence-electron chi connectivity index (χ3n) is 0.738. The van der Waals surface area contributed by atoms with Crippen molar-refractivity contribution < 1.29 is 21.6 Å². The fourth-order valence-electron chi connectivity index (χ4n) is 0.400. The summed E-state index contributed by atoms with van der Waals surface area (Å²) in [5.74, 6) is 0. The van der Waals surface area contributed by atoms with Gasteiger partial charge in [0, 0.05) is 15.9 Å². The van der Waals surface area contributed by atoms with E-state index in [9.17, 15) is 0 Å². The third kappa shape index (κ3) is 4.90. The van der Waals surface area contributed by atoms with Crippen molar-refractivity contribution in [2.24, 2.45) is 0 Å². The molecule has 0 rings (SSSR count). The highest BCUT2D eigenvalue weighted by Crippen LogP contribution is 1.89. The lowest BCUT2D eigenvalue weighted by molar-refractivity contribution is -0.465. The summed E-state index contributed by atoms with van der Waals surface area (Å²) >= 11 is 3.38. The van der Waals surface area contributed by atoms with Crippen molar-refractivity contribution in [2.75, 3.05) is 28.2 Å². The lowest BCUT2D eigenvalue weighted by atomic mass is 10.9. The Morgan fingerprint density at radius 1 is 1.33 bits per heavy atom. The number of rotatable bonds is 0. The Hall–Kier alpha value is 0.430. The van der Waals surface area contributed by atoms with Gasteiger partial charge in [-0.15, -0.1) is 0 Å². The summed E-state index contributed by atoms with van der Waals surface area (Å²) in [7, 11) is 7.96. The van der Waals surface area contributed by atoms with Crippen LogP contribution in [0, 0.1) is 0 Å². The van der Waals surface area contributed by atoms with Gasteiger partial charge in [-0.25, -0.2) is 0 Å². The van der Waals surface area contributed by atoms with Gasteiger partial charge in [-0.2, -0.15) is 0 Å². The maximum absolute atomic E-state index is 3.38. The van der Waals surface area contributed by atoms with Crippen LogP contribution in [0.15, 0.2) is 0 Å². The third-order valence-corrected chi connectivity index (χ3v) is 2.16. The standard InChI is InChI=1S/C5H12BrN2.BrH/c1-7(2)5(6)8(3)4;/h1-4H3;1H/q+1;/p-1. The number of halogens is 2. The van der Waals surface area contributed by atoms with E-state index in [-0.39, 0.29) is 17.0 Å². The molecule has 0 bridgehead atoms. The van der Waals surface area contributed by atoms with Crippen LogP contribution in [0.1, 0.15) is 0 Å². The second-order valence-electron chi connectivity index (χ2n) is 2.06. The van der Waals surface area contributed by atoms with Gasteiger partial charge in [0.25, 0.3) is 0 Å². The minimum absolute atomic E-state index is 0. The molecular weight excluding hydrogens is 248 g/mol. The quantitative estimate of drug-likeness (QED) is 0.203. The lowest BCUT2D eigenvalue weighted by Gasteiger charge is -2.02. The van der Waals surface area contributed by atoms with Crippen molar-refractivity contribution in [3.63, 3.8) is 0 Å². The minimum Gasteiger partial charge on any atom is -1.00 e. The molecule has 0 fully saturated rings. The van der Waals surface area contributed by atoms with E-state index in [1.807, 2.05) is 37.7 Å². The largest absolute Gasteiger partial charge is 1.00 e. The molecular formula is C5H12Br2N2. The van der Waals surface area contributed by atoms with E-state index >= 15 is 0 Å². The van der Waals surface area contributed by atoms with Crippen molar-refractivity contribution in [3.8, 4) is 0 Å². The molecule has 0 aliphatic carbocycles. The Balaban J connectivity index is 0. The van der Waals surface area contributed by atoms with Gasteiger partial charge in [0.1, 0.15) is 0 Å². The van der Waals surface area contributed by atoms with Gasteiger partial charge in [0.15, 0.2) is 0 Å². The van der Waals surface area contributed by atoms with E-state index < -0.39 is 0 Å². The van der Waals surface area contributed by atoms with E-state index in [4.69, 9.17) is 0 Å². The zero-order chi connectivity index (χ0) is 6.73. The fourth-order valence-corrected chi connectivity index (χ4v) is 0.400. The molecule has 0 heterocycles. The number of hydrogen-bond acceptors (Lipinski definition) is 0. The molecule has 0 aliphatic heterocycles. The number of amidine groups is 1. The van der Waals surface area contributed by atoms with E-state index in [0.717, 1.165) is 4.74 Å². The Bertz CT molecular complexity index is 106. The molecule has 9 heavy (non-hydrogen) atoms. The second kappa shape index (κ2) is 5.23. The molecule has 0 aromatic rings. The fraction of sp³-hybridized carbons (Fsp3) is 0.800. The molecule has 2 nitrogen and oxygen atoms in total. The Morgan fingerprint density at radius 3 is 1.67 bits per heavy atom. The maximum atomic E-state index is 3.38. The molecule has 0 unspecified atom stereocenters. The molecule has 0 amide bonds. The predicted octanol–water partition coefficient (Wildman–Crippen LogP) is -2.42. The van der Waals surface area contributed by atoms with Crippen molar-refractivity contribution in [3.05, 3.63) is 0 Å². The van der Waals surface area contributed by atoms with Crippen LogP contribution in [-0.2, 0) is 0 Å². The van der Waals surface area contributed by atoms with Crippen LogP contribution in [0.4, 0.5) is 0 Å². The van der Waals surface area contributed by atoms with E-state index in [1.165, 1.54) is 0 Å². The monoisotopic (exact) mass is 258 g/mol. The van der Waals surface area contributed by atoms with Gasteiger partial charge >= 0.3 is 4.74 Å². The average Bonchev–Trinajstić information content (AvgIpc) is 1.64. The zero-order valence-electron chi connectivity index (χ0n) is 6.15. The number of nitrogens with zero attached hydrogens (tertiary/aromatic N) is 2. The normalized spacial score (nSPS) is 7.67. The predicted molar refractivity (Wildman–Crippen MR) is 39.7 cm³/mol. The highest BCUT2D eigenvalue weighted by atomic mass is 79.9. The molecule has 0 saturated carbocycles. The van der Waals surface area contributed by atoms with Crippen molar-refractivity contribution in [1.29, 1.82) is 0 Å². The van der Waals surface area contributed by atoms with Gasteiger partial charge in [0.2, 0.25) is 0 Å². The summed E-state index contributed by atoms with van der Waals surface area (Å²) in [6, 6.07) is 0. The lowest BCUT2D eigenvalue weighted by Crippen LogP contribution is -3.00. The minimum atomic E-state index is 0. The van der Waals surface area contributed by atoms with Gasteiger partial charge in [0.05, 0.1) is 28.2 Å². The second-order valence-corrected chi connectivity index (χ2v) is 2.77. The SMILES string of the molecule is CN(C)C(Br)=[N+](C)C.[Br-]. The molecule has 0 aliphatic rings. The summed E-state index contributed by atoms with van der Waals surface area (Å²) in [6.07, 6.45) is 0. The van der Waals surface area contributed by atoms with Gasteiger partial charge in [-0.05, 0) is 0 Å². The Kier molecular flexibility index (Phi) is 7.06. The first-order valence-electron chi connectivity index (χ1n) is 2.43. The van der Waals surface area contributed by atoms with Crippen LogP contribution >= 0.6 is 15.9 Å².